The van der Waals surface area contributed by atoms with Crippen LogP contribution in [-0.4, -0.2) is 63.4 Å². The van der Waals surface area contributed by atoms with Crippen molar-refractivity contribution in [3.8, 4) is 0 Å². The van der Waals surface area contributed by atoms with Crippen LogP contribution >= 0.6 is 0 Å². The summed E-state index contributed by atoms with van der Waals surface area (Å²) in [6.45, 7) is 8.30. The summed E-state index contributed by atoms with van der Waals surface area (Å²) in [5.41, 5.74) is -2.08. The minimum absolute atomic E-state index is 0.159. The molecule has 9 nitrogen and oxygen atoms in total. The molecule has 0 aromatic heterocycles. The van der Waals surface area contributed by atoms with E-state index >= 15 is 0 Å². The number of Topliss-reactive ketones (excluding diaryl/α,β-unsaturated/α-hetero) is 2. The lowest BCUT2D eigenvalue weighted by Gasteiger charge is -2.58. The second kappa shape index (κ2) is 11.1. The first-order chi connectivity index (χ1) is 16.2. The number of carbonyl (C=O) groups excluding carboxylic acids is 4. The molecular formula is C26H38O9. The van der Waals surface area contributed by atoms with Crippen LogP contribution in [0.1, 0.15) is 66.7 Å². The quantitative estimate of drug-likeness (QED) is 0.179. The zero-order valence-electron chi connectivity index (χ0n) is 21.2. The zero-order valence-corrected chi connectivity index (χ0v) is 21.2. The second-order valence-electron chi connectivity index (χ2n) is 10.8. The number of hydrogen-bond donors (Lipinski definition) is 3. The number of carboxylic acids is 1. The Kier molecular flexibility index (Phi) is 9.16. The van der Waals surface area contributed by atoms with Crippen LogP contribution in [0.4, 0.5) is 0 Å². The van der Waals surface area contributed by atoms with Crippen LogP contribution in [-0.2, 0) is 28.7 Å². The van der Waals surface area contributed by atoms with Crippen LogP contribution in [0.5, 0.6) is 0 Å². The lowest BCUT2D eigenvalue weighted by Crippen LogP contribution is -2.65. The maximum Gasteiger partial charge on any atom is 0.328 e. The summed E-state index contributed by atoms with van der Waals surface area (Å²) in [5.74, 6) is -5.65. The third-order valence-electron chi connectivity index (χ3n) is 7.97. The van der Waals surface area contributed by atoms with Crippen molar-refractivity contribution in [3.05, 3.63) is 11.6 Å². The number of fused-ring (bicyclic) bond motifs is 1. The maximum atomic E-state index is 13.6. The Morgan fingerprint density at radius 2 is 1.86 bits per heavy atom. The molecule has 0 aromatic rings. The van der Waals surface area contributed by atoms with Crippen molar-refractivity contribution in [2.75, 3.05) is 6.61 Å². The van der Waals surface area contributed by atoms with Crippen LogP contribution in [0.25, 0.3) is 0 Å². The number of aldehydes is 1. The van der Waals surface area contributed by atoms with Crippen molar-refractivity contribution in [1.82, 2.24) is 0 Å². The van der Waals surface area contributed by atoms with Crippen LogP contribution in [0.2, 0.25) is 0 Å². The average molecular weight is 495 g/mol. The molecule has 0 aliphatic heterocycles. The minimum atomic E-state index is -1.39. The predicted molar refractivity (Wildman–Crippen MR) is 125 cm³/mol. The van der Waals surface area contributed by atoms with E-state index in [0.29, 0.717) is 24.7 Å². The number of rotatable bonds is 10. The Balaban J connectivity index is 2.42. The van der Waals surface area contributed by atoms with E-state index in [0.717, 1.165) is 6.08 Å². The van der Waals surface area contributed by atoms with E-state index in [-0.39, 0.29) is 31.8 Å². The third kappa shape index (κ3) is 6.06. The first-order valence-electron chi connectivity index (χ1n) is 12.2. The molecule has 0 aromatic carbocycles. The summed E-state index contributed by atoms with van der Waals surface area (Å²) in [7, 11) is 0. The molecule has 2 fully saturated rings. The average Bonchev–Trinajstić information content (AvgIpc) is 2.72. The summed E-state index contributed by atoms with van der Waals surface area (Å²) >= 11 is 0. The fraction of sp³-hybridized carbons (Fsp3) is 0.731. The van der Waals surface area contributed by atoms with Crippen LogP contribution in [0.15, 0.2) is 11.6 Å². The third-order valence-corrected chi connectivity index (χ3v) is 7.97. The standard InChI is InChI=1S/C26H38O9/c1-6-16(13-35-20(31)10-14(2)9-19(29)30)22-24(33)23(32)17-12-25(4,34)11-15(3)21(17)26(22,5)18(28)7-8-27/h8-9,15-17,21-23,32,34H,6-7,10-13H2,1-5H3,(H,29,30)/t15-,16+,17+,21+,22+,23?,25-,26-/m1/s1. The molecule has 0 radical (unpaired) electrons. The largest absolute Gasteiger partial charge is 0.478 e. The molecule has 9 heteroatoms. The number of aliphatic hydroxyl groups excluding tert-OH is 1. The number of esters is 1. The molecule has 0 saturated heterocycles. The van der Waals surface area contributed by atoms with Gasteiger partial charge in [0.15, 0.2) is 5.78 Å². The maximum absolute atomic E-state index is 13.6. The molecule has 0 amide bonds. The molecule has 0 spiro atoms. The van der Waals surface area contributed by atoms with Gasteiger partial charge in [-0.2, -0.15) is 0 Å². The molecule has 35 heavy (non-hydrogen) atoms. The van der Waals surface area contributed by atoms with Crippen molar-refractivity contribution >= 4 is 29.8 Å². The van der Waals surface area contributed by atoms with Crippen molar-refractivity contribution in [2.45, 2.75) is 78.4 Å². The molecule has 196 valence electrons. The van der Waals surface area contributed by atoms with E-state index in [2.05, 4.69) is 0 Å². The second-order valence-corrected chi connectivity index (χ2v) is 10.8. The summed E-state index contributed by atoms with van der Waals surface area (Å²) < 4.78 is 5.39. The van der Waals surface area contributed by atoms with Gasteiger partial charge in [-0.1, -0.05) is 26.3 Å². The van der Waals surface area contributed by atoms with E-state index in [1.54, 1.807) is 20.8 Å². The molecule has 2 rings (SSSR count). The molecule has 2 aliphatic carbocycles. The molecule has 3 N–H and O–H groups in total. The summed E-state index contributed by atoms with van der Waals surface area (Å²) in [5, 5.41) is 30.6. The highest BCUT2D eigenvalue weighted by atomic mass is 16.5. The van der Waals surface area contributed by atoms with Gasteiger partial charge in [0.25, 0.3) is 0 Å². The van der Waals surface area contributed by atoms with Gasteiger partial charge in [-0.25, -0.2) is 4.79 Å². The van der Waals surface area contributed by atoms with E-state index in [1.807, 2.05) is 6.92 Å². The number of aliphatic hydroxyl groups is 2. The zero-order chi connectivity index (χ0) is 26.7. The lowest BCUT2D eigenvalue weighted by molar-refractivity contribution is -0.190. The monoisotopic (exact) mass is 494 g/mol. The van der Waals surface area contributed by atoms with Crippen molar-refractivity contribution < 1.29 is 44.0 Å². The molecule has 1 unspecified atom stereocenters. The van der Waals surface area contributed by atoms with E-state index in [9.17, 15) is 34.2 Å². The highest BCUT2D eigenvalue weighted by Crippen LogP contribution is 2.58. The van der Waals surface area contributed by atoms with E-state index < -0.39 is 64.3 Å². The van der Waals surface area contributed by atoms with Gasteiger partial charge in [-0.05, 0) is 50.9 Å². The smallest absolute Gasteiger partial charge is 0.328 e. The van der Waals surface area contributed by atoms with Crippen molar-refractivity contribution in [1.29, 1.82) is 0 Å². The Morgan fingerprint density at radius 1 is 1.23 bits per heavy atom. The van der Waals surface area contributed by atoms with Gasteiger partial charge < -0.3 is 24.9 Å². The summed E-state index contributed by atoms with van der Waals surface area (Å²) in [4.78, 5) is 61.4. The van der Waals surface area contributed by atoms with Crippen molar-refractivity contribution in [2.24, 2.45) is 35.0 Å². The van der Waals surface area contributed by atoms with E-state index in [4.69, 9.17) is 9.84 Å². The predicted octanol–water partition coefficient (Wildman–Crippen LogP) is 2.11. The normalized spacial score (nSPS) is 36.1. The van der Waals surface area contributed by atoms with Crippen molar-refractivity contribution in [3.63, 3.8) is 0 Å². The molecule has 0 heterocycles. The van der Waals surface area contributed by atoms with Gasteiger partial charge in [-0.3, -0.25) is 14.4 Å². The van der Waals surface area contributed by atoms with Gasteiger partial charge in [0.05, 0.1) is 25.0 Å². The number of hydrogen-bond acceptors (Lipinski definition) is 8. The van der Waals surface area contributed by atoms with Gasteiger partial charge in [0, 0.05) is 23.3 Å². The molecule has 2 aliphatic rings. The Bertz CT molecular complexity index is 889. The number of ether oxygens (including phenoxy) is 1. The fourth-order valence-electron chi connectivity index (χ4n) is 6.77. The Labute approximate surface area is 205 Å². The SMILES string of the molecule is CC[C@@H](COC(=O)CC(C)=CC(=O)O)[C@H]1C(=O)C(O)[C@H]2C[C@](C)(O)C[C@@H](C)[C@@H]2[C@@]1(C)C(=O)CC=O. The lowest BCUT2D eigenvalue weighted by atomic mass is 9.45. The Morgan fingerprint density at radius 3 is 2.40 bits per heavy atom. The first-order valence-corrected chi connectivity index (χ1v) is 12.2. The van der Waals surface area contributed by atoms with Gasteiger partial charge in [-0.15, -0.1) is 0 Å². The van der Waals surface area contributed by atoms with Crippen LogP contribution in [0, 0.1) is 35.0 Å². The van der Waals surface area contributed by atoms with Crippen LogP contribution in [0.3, 0.4) is 0 Å². The number of aliphatic carboxylic acids is 1. The summed E-state index contributed by atoms with van der Waals surface area (Å²) in [6, 6.07) is 0. The molecule has 2 saturated carbocycles. The Hall–Kier alpha value is -2.39. The topological polar surface area (TPSA) is 155 Å². The summed E-state index contributed by atoms with van der Waals surface area (Å²) in [6.07, 6.45) is 0.334. The van der Waals surface area contributed by atoms with Gasteiger partial charge in [0.1, 0.15) is 18.2 Å². The number of ketones is 2. The number of carbonyl (C=O) groups is 5. The van der Waals surface area contributed by atoms with Gasteiger partial charge in [0.2, 0.25) is 0 Å². The highest BCUT2D eigenvalue weighted by Gasteiger charge is 2.64. The first kappa shape index (κ1) is 28.8. The highest BCUT2D eigenvalue weighted by molar-refractivity contribution is 6.00. The van der Waals surface area contributed by atoms with Gasteiger partial charge >= 0.3 is 11.9 Å². The fourth-order valence-corrected chi connectivity index (χ4v) is 6.77. The number of carboxylic acid groups (broad SMARTS) is 1. The molecule has 0 bridgehead atoms. The molecule has 8 atom stereocenters. The molecular weight excluding hydrogens is 456 g/mol. The van der Waals surface area contributed by atoms with Crippen LogP contribution < -0.4 is 0 Å². The van der Waals surface area contributed by atoms with E-state index in [1.165, 1.54) is 6.92 Å². The minimum Gasteiger partial charge on any atom is -0.478 e.